The number of aromatic nitrogens is 4. The zero-order valence-electron chi connectivity index (χ0n) is 11.1. The third-order valence-electron chi connectivity index (χ3n) is 3.24. The summed E-state index contributed by atoms with van der Waals surface area (Å²) in [5, 5.41) is 11.2. The van der Waals surface area contributed by atoms with Crippen LogP contribution in [0.25, 0.3) is 0 Å². The van der Waals surface area contributed by atoms with E-state index in [1.54, 1.807) is 27.8 Å². The zero-order chi connectivity index (χ0) is 13.8. The van der Waals surface area contributed by atoms with Crippen LogP contribution in [0, 0.1) is 0 Å². The minimum atomic E-state index is -0.167. The molecule has 1 aliphatic heterocycles. The summed E-state index contributed by atoms with van der Waals surface area (Å²) in [6.45, 7) is 1.83. The number of nitrogens with zero attached hydrogens (tertiary/aromatic N) is 4. The lowest BCUT2D eigenvalue weighted by Crippen LogP contribution is -2.32. The second-order valence-electron chi connectivity index (χ2n) is 4.77. The maximum atomic E-state index is 12.0. The van der Waals surface area contributed by atoms with Crippen LogP contribution in [0.15, 0.2) is 30.7 Å². The van der Waals surface area contributed by atoms with Crippen LogP contribution >= 0.6 is 0 Å². The maximum absolute atomic E-state index is 12.0. The van der Waals surface area contributed by atoms with Crippen molar-refractivity contribution in [3.8, 4) is 0 Å². The average molecular weight is 275 g/mol. The van der Waals surface area contributed by atoms with Crippen molar-refractivity contribution in [1.82, 2.24) is 24.9 Å². The fourth-order valence-electron chi connectivity index (χ4n) is 2.20. The first-order valence-corrected chi connectivity index (χ1v) is 6.72. The van der Waals surface area contributed by atoms with E-state index in [2.05, 4.69) is 15.5 Å². The van der Waals surface area contributed by atoms with Crippen molar-refractivity contribution in [1.29, 1.82) is 0 Å². The van der Waals surface area contributed by atoms with E-state index < -0.39 is 0 Å². The fourth-order valence-corrected chi connectivity index (χ4v) is 2.20. The molecule has 0 radical (unpaired) electrons. The Morgan fingerprint density at radius 1 is 1.45 bits per heavy atom. The molecule has 1 amide bonds. The number of hydrogen-bond acceptors (Lipinski definition) is 4. The Balaban J connectivity index is 1.54. The number of ether oxygens (including phenoxy) is 1. The number of hydrogen-bond donors (Lipinski definition) is 1. The molecule has 1 atom stereocenters. The molecule has 2 aromatic heterocycles. The second-order valence-corrected chi connectivity index (χ2v) is 4.77. The van der Waals surface area contributed by atoms with Crippen LogP contribution in [-0.2, 0) is 11.4 Å². The summed E-state index contributed by atoms with van der Waals surface area (Å²) in [4.78, 5) is 12.0. The van der Waals surface area contributed by atoms with E-state index >= 15 is 0 Å². The molecule has 3 heterocycles. The first kappa shape index (κ1) is 12.9. The molecule has 2 aromatic rings. The van der Waals surface area contributed by atoms with Crippen LogP contribution in [-0.4, -0.2) is 44.7 Å². The van der Waals surface area contributed by atoms with Gasteiger partial charge in [0.15, 0.2) is 0 Å². The number of carbonyl (C=O) groups excluding carboxylic acids is 1. The molecule has 3 rings (SSSR count). The molecule has 20 heavy (non-hydrogen) atoms. The first-order valence-electron chi connectivity index (χ1n) is 6.72. The predicted molar refractivity (Wildman–Crippen MR) is 71.2 cm³/mol. The van der Waals surface area contributed by atoms with Gasteiger partial charge < -0.3 is 10.1 Å². The normalized spacial score (nSPS) is 18.3. The van der Waals surface area contributed by atoms with Gasteiger partial charge in [0.05, 0.1) is 6.10 Å². The van der Waals surface area contributed by atoms with Crippen molar-refractivity contribution in [3.05, 3.63) is 36.4 Å². The van der Waals surface area contributed by atoms with Crippen LogP contribution in [0.1, 0.15) is 23.3 Å². The molecule has 1 unspecified atom stereocenters. The lowest BCUT2D eigenvalue weighted by atomic mass is 10.2. The third kappa shape index (κ3) is 3.05. The number of amides is 1. The minimum Gasteiger partial charge on any atom is -0.376 e. The molecule has 0 spiro atoms. The molecule has 106 valence electrons. The topological polar surface area (TPSA) is 74.0 Å². The lowest BCUT2D eigenvalue weighted by Gasteiger charge is -2.09. The summed E-state index contributed by atoms with van der Waals surface area (Å²) in [6, 6.07) is 3.55. The van der Waals surface area contributed by atoms with Crippen LogP contribution in [0.4, 0.5) is 0 Å². The Bertz CT molecular complexity index is 557. The molecule has 0 saturated carbocycles. The van der Waals surface area contributed by atoms with Gasteiger partial charge in [-0.1, -0.05) is 0 Å². The highest BCUT2D eigenvalue weighted by Gasteiger charge is 2.17. The molecular weight excluding hydrogens is 258 g/mol. The van der Waals surface area contributed by atoms with Crippen molar-refractivity contribution in [2.24, 2.45) is 0 Å². The molecule has 1 fully saturated rings. The van der Waals surface area contributed by atoms with Gasteiger partial charge in [0.1, 0.15) is 12.4 Å². The predicted octanol–water partition coefficient (Wildman–Crippen LogP) is 0.494. The van der Waals surface area contributed by atoms with E-state index in [9.17, 15) is 4.79 Å². The summed E-state index contributed by atoms with van der Waals surface area (Å²) in [7, 11) is 0. The first-order chi connectivity index (χ1) is 9.81. The van der Waals surface area contributed by atoms with E-state index in [0.717, 1.165) is 19.4 Å². The highest BCUT2D eigenvalue weighted by molar-refractivity contribution is 5.92. The van der Waals surface area contributed by atoms with Gasteiger partial charge in [-0.15, -0.1) is 0 Å². The molecule has 1 aliphatic rings. The van der Waals surface area contributed by atoms with Gasteiger partial charge in [-0.25, -0.2) is 0 Å². The molecule has 1 saturated heterocycles. The van der Waals surface area contributed by atoms with E-state index in [-0.39, 0.29) is 12.0 Å². The van der Waals surface area contributed by atoms with Gasteiger partial charge in [0.25, 0.3) is 5.91 Å². The Labute approximate surface area is 116 Å². The molecule has 1 N–H and O–H groups in total. The van der Waals surface area contributed by atoms with E-state index in [1.807, 2.05) is 12.3 Å². The second kappa shape index (κ2) is 5.87. The quantitative estimate of drug-likeness (QED) is 0.862. The van der Waals surface area contributed by atoms with Crippen molar-refractivity contribution < 1.29 is 9.53 Å². The van der Waals surface area contributed by atoms with Crippen molar-refractivity contribution in [2.45, 2.75) is 25.6 Å². The zero-order valence-corrected chi connectivity index (χ0v) is 11.1. The largest absolute Gasteiger partial charge is 0.376 e. The van der Waals surface area contributed by atoms with E-state index in [0.29, 0.717) is 18.9 Å². The molecule has 0 aromatic carbocycles. The van der Waals surface area contributed by atoms with Gasteiger partial charge in [-0.05, 0) is 25.0 Å². The Morgan fingerprint density at radius 3 is 3.15 bits per heavy atom. The smallest absolute Gasteiger partial charge is 0.271 e. The van der Waals surface area contributed by atoms with Crippen molar-refractivity contribution in [3.63, 3.8) is 0 Å². The summed E-state index contributed by atoms with van der Waals surface area (Å²) in [5.41, 5.74) is 0.412. The van der Waals surface area contributed by atoms with Crippen molar-refractivity contribution >= 4 is 5.91 Å². The molecular formula is C13H17N5O2. The van der Waals surface area contributed by atoms with Crippen molar-refractivity contribution in [2.75, 3.05) is 13.2 Å². The summed E-state index contributed by atoms with van der Waals surface area (Å²) < 4.78 is 8.87. The third-order valence-corrected chi connectivity index (χ3v) is 3.24. The summed E-state index contributed by atoms with van der Waals surface area (Å²) in [5.74, 6) is -0.167. The van der Waals surface area contributed by atoms with Crippen LogP contribution in [0.3, 0.4) is 0 Å². The summed E-state index contributed by atoms with van der Waals surface area (Å²) >= 11 is 0. The number of nitrogens with one attached hydrogen (secondary N) is 1. The van der Waals surface area contributed by atoms with Crippen LogP contribution < -0.4 is 5.32 Å². The fraction of sp³-hybridized carbons (Fsp3) is 0.462. The standard InChI is InChI=1S/C13H17N5O2/c19-13(14-9-11-3-1-8-20-11)12-4-7-18(16-12)10-17-6-2-5-15-17/h2,4-7,11H,1,3,8-10H2,(H,14,19). The van der Waals surface area contributed by atoms with Gasteiger partial charge >= 0.3 is 0 Å². The van der Waals surface area contributed by atoms with Gasteiger partial charge in [0.2, 0.25) is 0 Å². The lowest BCUT2D eigenvalue weighted by molar-refractivity contribution is 0.0853. The molecule has 7 nitrogen and oxygen atoms in total. The number of carbonyl (C=O) groups is 1. The SMILES string of the molecule is O=C(NCC1CCCO1)c1ccn(Cn2cccn2)n1. The number of rotatable bonds is 5. The Kier molecular flexibility index (Phi) is 3.78. The van der Waals surface area contributed by atoms with Gasteiger partial charge in [-0.3, -0.25) is 14.2 Å². The maximum Gasteiger partial charge on any atom is 0.271 e. The van der Waals surface area contributed by atoms with Crippen LogP contribution in [0.2, 0.25) is 0 Å². The van der Waals surface area contributed by atoms with Gasteiger partial charge in [-0.2, -0.15) is 10.2 Å². The minimum absolute atomic E-state index is 0.144. The van der Waals surface area contributed by atoms with E-state index in [4.69, 9.17) is 4.74 Å². The Morgan fingerprint density at radius 2 is 2.40 bits per heavy atom. The highest BCUT2D eigenvalue weighted by Crippen LogP contribution is 2.10. The molecule has 0 bridgehead atoms. The summed E-state index contributed by atoms with van der Waals surface area (Å²) in [6.07, 6.45) is 7.54. The highest BCUT2D eigenvalue weighted by atomic mass is 16.5. The molecule has 7 heteroatoms. The molecule has 0 aliphatic carbocycles. The van der Waals surface area contributed by atoms with Gasteiger partial charge in [0, 0.05) is 31.7 Å². The van der Waals surface area contributed by atoms with E-state index in [1.165, 1.54) is 0 Å². The Hall–Kier alpha value is -2.15. The monoisotopic (exact) mass is 275 g/mol. The van der Waals surface area contributed by atoms with Crippen LogP contribution in [0.5, 0.6) is 0 Å². The average Bonchev–Trinajstić information content (AvgIpc) is 3.19.